The van der Waals surface area contributed by atoms with Gasteiger partial charge >= 0.3 is 0 Å². The van der Waals surface area contributed by atoms with Gasteiger partial charge in [-0.25, -0.2) is 9.98 Å². The van der Waals surface area contributed by atoms with Crippen molar-refractivity contribution in [2.24, 2.45) is 4.99 Å². The summed E-state index contributed by atoms with van der Waals surface area (Å²) in [7, 11) is 0. The van der Waals surface area contributed by atoms with Gasteiger partial charge in [0.1, 0.15) is 5.82 Å². The monoisotopic (exact) mass is 434 g/mol. The van der Waals surface area contributed by atoms with E-state index in [1.54, 1.807) is 0 Å². The second kappa shape index (κ2) is 11.9. The SMILES string of the molecule is CCNC(=NCc1ccnc(N2CCCC2)c1)NCc1ccc(CN2CCCCC2)cc1. The molecule has 0 bridgehead atoms. The van der Waals surface area contributed by atoms with Crippen molar-refractivity contribution in [2.75, 3.05) is 37.6 Å². The Labute approximate surface area is 193 Å². The van der Waals surface area contributed by atoms with Crippen molar-refractivity contribution in [2.45, 2.75) is 58.7 Å². The van der Waals surface area contributed by atoms with Crippen molar-refractivity contribution in [3.63, 3.8) is 0 Å². The van der Waals surface area contributed by atoms with Gasteiger partial charge in [0.05, 0.1) is 6.54 Å². The predicted molar refractivity (Wildman–Crippen MR) is 133 cm³/mol. The number of benzene rings is 1. The Morgan fingerprint density at radius 2 is 1.59 bits per heavy atom. The number of nitrogens with zero attached hydrogens (tertiary/aromatic N) is 4. The largest absolute Gasteiger partial charge is 0.357 e. The average molecular weight is 435 g/mol. The molecule has 0 atom stereocenters. The molecule has 32 heavy (non-hydrogen) atoms. The molecule has 2 N–H and O–H groups in total. The molecule has 4 rings (SSSR count). The molecule has 2 saturated heterocycles. The summed E-state index contributed by atoms with van der Waals surface area (Å²) in [5.74, 6) is 1.93. The minimum absolute atomic E-state index is 0.646. The molecule has 1 aromatic heterocycles. The molecule has 0 spiro atoms. The van der Waals surface area contributed by atoms with Crippen LogP contribution in [0.1, 0.15) is 55.7 Å². The molecule has 0 unspecified atom stereocenters. The highest BCUT2D eigenvalue weighted by Gasteiger charge is 2.13. The molecule has 2 aliphatic heterocycles. The van der Waals surface area contributed by atoms with E-state index in [0.717, 1.165) is 44.5 Å². The smallest absolute Gasteiger partial charge is 0.191 e. The topological polar surface area (TPSA) is 55.8 Å². The van der Waals surface area contributed by atoms with Gasteiger partial charge in [0, 0.05) is 38.9 Å². The van der Waals surface area contributed by atoms with Crippen LogP contribution in [0.3, 0.4) is 0 Å². The number of nitrogens with one attached hydrogen (secondary N) is 2. The number of guanidine groups is 1. The van der Waals surface area contributed by atoms with Gasteiger partial charge in [-0.15, -0.1) is 0 Å². The fourth-order valence-corrected chi connectivity index (χ4v) is 4.51. The van der Waals surface area contributed by atoms with E-state index in [1.165, 1.54) is 61.9 Å². The van der Waals surface area contributed by atoms with Crippen molar-refractivity contribution in [3.05, 3.63) is 59.3 Å². The first kappa shape index (κ1) is 22.6. The molecule has 2 fully saturated rings. The quantitative estimate of drug-likeness (QED) is 0.487. The van der Waals surface area contributed by atoms with E-state index < -0.39 is 0 Å². The first-order valence-electron chi connectivity index (χ1n) is 12.3. The molecule has 0 radical (unpaired) electrons. The first-order valence-corrected chi connectivity index (χ1v) is 12.3. The molecule has 6 heteroatoms. The summed E-state index contributed by atoms with van der Waals surface area (Å²) in [4.78, 5) is 14.3. The molecule has 2 aliphatic rings. The number of anilines is 1. The van der Waals surface area contributed by atoms with E-state index in [2.05, 4.69) is 68.7 Å². The van der Waals surface area contributed by atoms with Gasteiger partial charge in [0.25, 0.3) is 0 Å². The van der Waals surface area contributed by atoms with Crippen molar-refractivity contribution in [1.82, 2.24) is 20.5 Å². The Balaban J connectivity index is 1.30. The zero-order chi connectivity index (χ0) is 22.0. The first-order chi connectivity index (χ1) is 15.8. The average Bonchev–Trinajstić information content (AvgIpc) is 3.38. The third kappa shape index (κ3) is 6.70. The molecular formula is C26H38N6. The summed E-state index contributed by atoms with van der Waals surface area (Å²) < 4.78 is 0. The van der Waals surface area contributed by atoms with Crippen LogP contribution in [-0.2, 0) is 19.6 Å². The third-order valence-corrected chi connectivity index (χ3v) is 6.34. The summed E-state index contributed by atoms with van der Waals surface area (Å²) in [6.07, 6.45) is 8.50. The number of pyridine rings is 1. The molecular weight excluding hydrogens is 396 g/mol. The van der Waals surface area contributed by atoms with Crippen LogP contribution >= 0.6 is 0 Å². The Hall–Kier alpha value is -2.60. The lowest BCUT2D eigenvalue weighted by molar-refractivity contribution is 0.221. The fraction of sp³-hybridized carbons (Fsp3) is 0.538. The number of hydrogen-bond donors (Lipinski definition) is 2. The summed E-state index contributed by atoms with van der Waals surface area (Å²) >= 11 is 0. The highest BCUT2D eigenvalue weighted by atomic mass is 15.2. The second-order valence-electron chi connectivity index (χ2n) is 8.92. The number of rotatable bonds is 8. The fourth-order valence-electron chi connectivity index (χ4n) is 4.51. The highest BCUT2D eigenvalue weighted by Crippen LogP contribution is 2.19. The van der Waals surface area contributed by atoms with Crippen molar-refractivity contribution in [3.8, 4) is 0 Å². The normalized spacial score (nSPS) is 17.5. The van der Waals surface area contributed by atoms with Crippen LogP contribution in [0, 0.1) is 0 Å². The van der Waals surface area contributed by atoms with E-state index in [-0.39, 0.29) is 0 Å². The third-order valence-electron chi connectivity index (χ3n) is 6.34. The molecule has 3 heterocycles. The van der Waals surface area contributed by atoms with Gasteiger partial charge in [-0.1, -0.05) is 30.7 Å². The number of aliphatic imine (C=N–C) groups is 1. The Morgan fingerprint density at radius 3 is 2.34 bits per heavy atom. The molecule has 1 aromatic carbocycles. The van der Waals surface area contributed by atoms with Gasteiger partial charge in [0.15, 0.2) is 5.96 Å². The Bertz CT molecular complexity index is 851. The molecule has 0 saturated carbocycles. The van der Waals surface area contributed by atoms with Crippen LogP contribution < -0.4 is 15.5 Å². The summed E-state index contributed by atoms with van der Waals surface area (Å²) in [6, 6.07) is 13.3. The van der Waals surface area contributed by atoms with E-state index in [1.807, 2.05) is 6.20 Å². The van der Waals surface area contributed by atoms with Gasteiger partial charge in [-0.2, -0.15) is 0 Å². The van der Waals surface area contributed by atoms with Crippen LogP contribution in [0.5, 0.6) is 0 Å². The number of aromatic nitrogens is 1. The van der Waals surface area contributed by atoms with E-state index in [9.17, 15) is 0 Å². The van der Waals surface area contributed by atoms with E-state index >= 15 is 0 Å². The zero-order valence-corrected chi connectivity index (χ0v) is 19.5. The molecule has 172 valence electrons. The van der Waals surface area contributed by atoms with Crippen molar-refractivity contribution >= 4 is 11.8 Å². The lowest BCUT2D eigenvalue weighted by Gasteiger charge is -2.26. The van der Waals surface area contributed by atoms with Crippen LogP contribution in [-0.4, -0.2) is 48.6 Å². The van der Waals surface area contributed by atoms with E-state index in [0.29, 0.717) is 6.54 Å². The lowest BCUT2D eigenvalue weighted by atomic mass is 10.1. The second-order valence-corrected chi connectivity index (χ2v) is 8.92. The Kier molecular flexibility index (Phi) is 8.37. The standard InChI is InChI=1S/C26H38N6/c1-2-27-26(30-20-24-12-13-28-25(18-24)32-16-6-7-17-32)29-19-22-8-10-23(11-9-22)21-31-14-4-3-5-15-31/h8-13,18H,2-7,14-17,19-21H2,1H3,(H2,27,29,30). The molecule has 6 nitrogen and oxygen atoms in total. The summed E-state index contributed by atoms with van der Waals surface area (Å²) in [5.41, 5.74) is 3.88. The van der Waals surface area contributed by atoms with Gasteiger partial charge in [-0.3, -0.25) is 4.90 Å². The van der Waals surface area contributed by atoms with Gasteiger partial charge in [0.2, 0.25) is 0 Å². The minimum atomic E-state index is 0.646. The maximum Gasteiger partial charge on any atom is 0.191 e. The van der Waals surface area contributed by atoms with Crippen LogP contribution in [0.15, 0.2) is 47.6 Å². The number of likely N-dealkylation sites (tertiary alicyclic amines) is 1. The Morgan fingerprint density at radius 1 is 0.875 bits per heavy atom. The van der Waals surface area contributed by atoms with Crippen molar-refractivity contribution < 1.29 is 0 Å². The molecule has 2 aromatic rings. The maximum atomic E-state index is 4.80. The minimum Gasteiger partial charge on any atom is -0.357 e. The number of hydrogen-bond acceptors (Lipinski definition) is 4. The number of piperidine rings is 1. The molecule has 0 aliphatic carbocycles. The van der Waals surface area contributed by atoms with Crippen LogP contribution in [0.2, 0.25) is 0 Å². The summed E-state index contributed by atoms with van der Waals surface area (Å²) in [6.45, 7) is 10.1. The zero-order valence-electron chi connectivity index (χ0n) is 19.5. The van der Waals surface area contributed by atoms with Crippen LogP contribution in [0.25, 0.3) is 0 Å². The van der Waals surface area contributed by atoms with Gasteiger partial charge in [-0.05, 0) is 74.5 Å². The van der Waals surface area contributed by atoms with Gasteiger partial charge < -0.3 is 15.5 Å². The van der Waals surface area contributed by atoms with E-state index in [4.69, 9.17) is 4.99 Å². The van der Waals surface area contributed by atoms with Crippen LogP contribution in [0.4, 0.5) is 5.82 Å². The predicted octanol–water partition coefficient (Wildman–Crippen LogP) is 3.92. The highest BCUT2D eigenvalue weighted by molar-refractivity contribution is 5.79. The van der Waals surface area contributed by atoms with Crippen molar-refractivity contribution in [1.29, 1.82) is 0 Å². The lowest BCUT2D eigenvalue weighted by Crippen LogP contribution is -2.36. The molecule has 0 amide bonds. The summed E-state index contributed by atoms with van der Waals surface area (Å²) in [5, 5.41) is 6.84. The maximum absolute atomic E-state index is 4.80.